The predicted molar refractivity (Wildman–Crippen MR) is 82.8 cm³/mol. The van der Waals surface area contributed by atoms with Crippen LogP contribution in [0.5, 0.6) is 5.75 Å². The maximum atomic E-state index is 11.3. The van der Waals surface area contributed by atoms with Crippen LogP contribution in [0.25, 0.3) is 0 Å². The Labute approximate surface area is 126 Å². The molecule has 1 N–H and O–H groups in total. The molecule has 4 heteroatoms. The predicted octanol–water partition coefficient (Wildman–Crippen LogP) is 3.40. The van der Waals surface area contributed by atoms with Gasteiger partial charge < -0.3 is 9.84 Å². The Balaban J connectivity index is 2.08. The third-order valence-electron chi connectivity index (χ3n) is 4.46. The first kappa shape index (κ1) is 15.8. The van der Waals surface area contributed by atoms with Gasteiger partial charge in [-0.2, -0.15) is 0 Å². The largest absolute Gasteiger partial charge is 0.496 e. The molecule has 1 aromatic rings. The Morgan fingerprint density at radius 1 is 1.43 bits per heavy atom. The van der Waals surface area contributed by atoms with E-state index >= 15 is 0 Å². The fraction of sp³-hybridized carbons (Fsp3) is 0.588. The summed E-state index contributed by atoms with van der Waals surface area (Å²) in [5.74, 6) is 0.263. The molecule has 21 heavy (non-hydrogen) atoms. The van der Waals surface area contributed by atoms with Crippen molar-refractivity contribution in [2.24, 2.45) is 5.92 Å². The number of aromatic carboxylic acids is 1. The molecule has 0 saturated heterocycles. The van der Waals surface area contributed by atoms with Crippen molar-refractivity contribution in [3.63, 3.8) is 0 Å². The van der Waals surface area contributed by atoms with Crippen molar-refractivity contribution in [3.8, 4) is 5.75 Å². The van der Waals surface area contributed by atoms with Gasteiger partial charge in [-0.15, -0.1) is 0 Å². The molecule has 1 saturated carbocycles. The van der Waals surface area contributed by atoms with Crippen molar-refractivity contribution < 1.29 is 14.6 Å². The topological polar surface area (TPSA) is 49.8 Å². The number of nitrogens with zero attached hydrogens (tertiary/aromatic N) is 1. The number of hydrogen-bond acceptors (Lipinski definition) is 3. The van der Waals surface area contributed by atoms with Crippen molar-refractivity contribution in [2.45, 2.75) is 45.2 Å². The molecular formula is C17H25NO3. The van der Waals surface area contributed by atoms with Crippen molar-refractivity contribution in [1.82, 2.24) is 4.90 Å². The minimum absolute atomic E-state index is 0.236. The summed E-state index contributed by atoms with van der Waals surface area (Å²) in [6.07, 6.45) is 5.09. The van der Waals surface area contributed by atoms with E-state index in [-0.39, 0.29) is 5.56 Å². The van der Waals surface area contributed by atoms with Crippen LogP contribution in [0.2, 0.25) is 0 Å². The van der Waals surface area contributed by atoms with E-state index in [1.54, 1.807) is 12.1 Å². The molecule has 2 atom stereocenters. The van der Waals surface area contributed by atoms with Crippen LogP contribution < -0.4 is 4.74 Å². The zero-order chi connectivity index (χ0) is 15.4. The third kappa shape index (κ3) is 3.97. The third-order valence-corrected chi connectivity index (χ3v) is 4.46. The summed E-state index contributed by atoms with van der Waals surface area (Å²) in [5, 5.41) is 9.25. The zero-order valence-corrected chi connectivity index (χ0v) is 13.1. The Hall–Kier alpha value is -1.55. The zero-order valence-electron chi connectivity index (χ0n) is 13.1. The average Bonchev–Trinajstić information content (AvgIpc) is 2.47. The van der Waals surface area contributed by atoms with Crippen molar-refractivity contribution in [3.05, 3.63) is 29.3 Å². The lowest BCUT2D eigenvalue weighted by atomic mass is 9.86. The molecule has 0 aromatic heterocycles. The second-order valence-corrected chi connectivity index (χ2v) is 6.18. The monoisotopic (exact) mass is 291 g/mol. The van der Waals surface area contributed by atoms with Gasteiger partial charge in [0.15, 0.2) is 0 Å². The first-order chi connectivity index (χ1) is 10.0. The van der Waals surface area contributed by atoms with Crippen LogP contribution >= 0.6 is 0 Å². The molecule has 0 radical (unpaired) electrons. The van der Waals surface area contributed by atoms with Crippen LogP contribution in [0.3, 0.4) is 0 Å². The molecular weight excluding hydrogens is 266 g/mol. The normalized spacial score (nSPS) is 22.3. The Bertz CT molecular complexity index is 501. The number of carbonyl (C=O) groups is 1. The van der Waals surface area contributed by atoms with Gasteiger partial charge in [-0.1, -0.05) is 25.8 Å². The fourth-order valence-electron chi connectivity index (χ4n) is 3.24. The molecule has 4 nitrogen and oxygen atoms in total. The minimum atomic E-state index is -0.942. The fourth-order valence-corrected chi connectivity index (χ4v) is 3.24. The van der Waals surface area contributed by atoms with Crippen LogP contribution in [0, 0.1) is 5.92 Å². The first-order valence-electron chi connectivity index (χ1n) is 7.61. The van der Waals surface area contributed by atoms with Gasteiger partial charge in [0.25, 0.3) is 0 Å². The van der Waals surface area contributed by atoms with Gasteiger partial charge in [0.05, 0.1) is 7.11 Å². The minimum Gasteiger partial charge on any atom is -0.496 e. The van der Waals surface area contributed by atoms with Crippen molar-refractivity contribution in [2.75, 3.05) is 14.2 Å². The lowest BCUT2D eigenvalue weighted by molar-refractivity contribution is 0.0693. The van der Waals surface area contributed by atoms with E-state index in [1.807, 2.05) is 6.07 Å². The van der Waals surface area contributed by atoms with Gasteiger partial charge in [-0.05, 0) is 43.5 Å². The van der Waals surface area contributed by atoms with E-state index in [0.717, 1.165) is 18.0 Å². The van der Waals surface area contributed by atoms with Crippen LogP contribution in [0.15, 0.2) is 18.2 Å². The molecule has 1 aliphatic carbocycles. The van der Waals surface area contributed by atoms with Gasteiger partial charge >= 0.3 is 5.97 Å². The van der Waals surface area contributed by atoms with E-state index < -0.39 is 5.97 Å². The number of hydrogen-bond donors (Lipinski definition) is 1. The van der Waals surface area contributed by atoms with Crippen molar-refractivity contribution in [1.29, 1.82) is 0 Å². The number of methoxy groups -OCH3 is 1. The van der Waals surface area contributed by atoms with Crippen LogP contribution in [0.1, 0.15) is 48.5 Å². The molecule has 1 aromatic carbocycles. The number of ether oxygens (including phenoxy) is 1. The Kier molecular flexibility index (Phi) is 5.23. The molecule has 0 aliphatic heterocycles. The van der Waals surface area contributed by atoms with Gasteiger partial charge in [0, 0.05) is 12.6 Å². The molecule has 0 bridgehead atoms. The lowest BCUT2D eigenvalue weighted by Crippen LogP contribution is -2.35. The lowest BCUT2D eigenvalue weighted by Gasteiger charge is -2.34. The summed E-state index contributed by atoms with van der Waals surface area (Å²) >= 11 is 0. The van der Waals surface area contributed by atoms with Crippen LogP contribution in [-0.4, -0.2) is 36.2 Å². The average molecular weight is 291 g/mol. The van der Waals surface area contributed by atoms with Crippen molar-refractivity contribution >= 4 is 5.97 Å². The Morgan fingerprint density at radius 2 is 2.19 bits per heavy atom. The maximum Gasteiger partial charge on any atom is 0.339 e. The molecule has 2 rings (SSSR count). The highest BCUT2D eigenvalue weighted by atomic mass is 16.5. The quantitative estimate of drug-likeness (QED) is 0.903. The number of carboxylic acids is 1. The standard InChI is InChI=1S/C17H25NO3/c1-12-5-4-6-14(9-12)18(2)11-13-7-8-16(21-3)15(10-13)17(19)20/h7-8,10,12,14H,4-6,9,11H2,1-3H3,(H,19,20). The maximum absolute atomic E-state index is 11.3. The van der Waals surface area contributed by atoms with E-state index in [0.29, 0.717) is 11.8 Å². The SMILES string of the molecule is COc1ccc(CN(C)C2CCCC(C)C2)cc1C(=O)O. The van der Waals surface area contributed by atoms with E-state index in [4.69, 9.17) is 4.74 Å². The van der Waals surface area contributed by atoms with Gasteiger partial charge in [0.1, 0.15) is 11.3 Å². The highest BCUT2D eigenvalue weighted by Crippen LogP contribution is 2.28. The number of benzene rings is 1. The summed E-state index contributed by atoms with van der Waals surface area (Å²) in [5.41, 5.74) is 1.26. The summed E-state index contributed by atoms with van der Waals surface area (Å²) in [6.45, 7) is 3.09. The second kappa shape index (κ2) is 6.94. The molecule has 1 aliphatic rings. The smallest absolute Gasteiger partial charge is 0.339 e. The van der Waals surface area contributed by atoms with Gasteiger partial charge in [-0.25, -0.2) is 4.79 Å². The summed E-state index contributed by atoms with van der Waals surface area (Å²) < 4.78 is 5.10. The number of carboxylic acid groups (broad SMARTS) is 1. The molecule has 0 spiro atoms. The van der Waals surface area contributed by atoms with Crippen LogP contribution in [-0.2, 0) is 6.54 Å². The summed E-state index contributed by atoms with van der Waals surface area (Å²) in [4.78, 5) is 13.6. The van der Waals surface area contributed by atoms with Crippen LogP contribution in [0.4, 0.5) is 0 Å². The molecule has 116 valence electrons. The van der Waals surface area contributed by atoms with E-state index in [9.17, 15) is 9.90 Å². The number of rotatable bonds is 5. The highest BCUT2D eigenvalue weighted by Gasteiger charge is 2.22. The first-order valence-corrected chi connectivity index (χ1v) is 7.61. The molecule has 2 unspecified atom stereocenters. The van der Waals surface area contributed by atoms with E-state index in [1.165, 1.54) is 32.8 Å². The van der Waals surface area contributed by atoms with Gasteiger partial charge in [0.2, 0.25) is 0 Å². The molecule has 1 fully saturated rings. The highest BCUT2D eigenvalue weighted by molar-refractivity contribution is 5.91. The van der Waals surface area contributed by atoms with Gasteiger partial charge in [-0.3, -0.25) is 4.90 Å². The second-order valence-electron chi connectivity index (χ2n) is 6.18. The Morgan fingerprint density at radius 3 is 2.81 bits per heavy atom. The molecule has 0 amide bonds. The van der Waals surface area contributed by atoms with E-state index in [2.05, 4.69) is 18.9 Å². The molecule has 0 heterocycles. The summed E-state index contributed by atoms with van der Waals surface area (Å²) in [7, 11) is 3.63. The summed E-state index contributed by atoms with van der Waals surface area (Å²) in [6, 6.07) is 6.03.